The molecule has 5 heteroatoms. The molecule has 0 bridgehead atoms. The van der Waals surface area contributed by atoms with Crippen molar-refractivity contribution in [1.29, 1.82) is 0 Å². The van der Waals surface area contributed by atoms with Gasteiger partial charge < -0.3 is 14.6 Å². The molecular formula is C7H14O3S2. The Morgan fingerprint density at radius 3 is 3.17 bits per heavy atom. The van der Waals surface area contributed by atoms with Crippen LogP contribution in [0.4, 0.5) is 0 Å². The summed E-state index contributed by atoms with van der Waals surface area (Å²) in [6, 6.07) is 0. The van der Waals surface area contributed by atoms with Crippen LogP contribution in [-0.2, 0) is 9.47 Å². The molecule has 0 aromatic heterocycles. The van der Waals surface area contributed by atoms with Gasteiger partial charge in [-0.15, -0.1) is 0 Å². The molecule has 0 amide bonds. The standard InChI is InChI=1S/C7H14O3S2/c1-9-7-10-6(5-12-7)4-11-3-2-8/h6-8H,2-5H2,1H3. The zero-order valence-electron chi connectivity index (χ0n) is 7.06. The van der Waals surface area contributed by atoms with Gasteiger partial charge in [0.15, 0.2) is 0 Å². The maximum Gasteiger partial charge on any atom is 0.207 e. The molecule has 1 aliphatic heterocycles. The largest absolute Gasteiger partial charge is 0.396 e. The molecule has 72 valence electrons. The highest BCUT2D eigenvalue weighted by atomic mass is 32.2. The van der Waals surface area contributed by atoms with Gasteiger partial charge >= 0.3 is 0 Å². The van der Waals surface area contributed by atoms with Crippen LogP contribution in [0.2, 0.25) is 0 Å². The van der Waals surface area contributed by atoms with E-state index in [9.17, 15) is 0 Å². The molecule has 1 N–H and O–H groups in total. The lowest BCUT2D eigenvalue weighted by molar-refractivity contribution is -0.0711. The fourth-order valence-electron chi connectivity index (χ4n) is 0.912. The average molecular weight is 210 g/mol. The van der Waals surface area contributed by atoms with Crippen LogP contribution in [0.3, 0.4) is 0 Å². The van der Waals surface area contributed by atoms with Crippen molar-refractivity contribution < 1.29 is 14.6 Å². The number of ether oxygens (including phenoxy) is 2. The van der Waals surface area contributed by atoms with Crippen molar-refractivity contribution in [2.45, 2.75) is 11.7 Å². The van der Waals surface area contributed by atoms with E-state index in [0.717, 1.165) is 17.3 Å². The lowest BCUT2D eigenvalue weighted by Crippen LogP contribution is -2.16. The van der Waals surface area contributed by atoms with Crippen molar-refractivity contribution >= 4 is 23.5 Å². The van der Waals surface area contributed by atoms with E-state index in [4.69, 9.17) is 14.6 Å². The molecule has 2 atom stereocenters. The van der Waals surface area contributed by atoms with Crippen molar-refractivity contribution in [2.24, 2.45) is 0 Å². The third-order valence-corrected chi connectivity index (χ3v) is 3.67. The molecule has 1 fully saturated rings. The normalized spacial score (nSPS) is 29.5. The molecule has 1 saturated heterocycles. The molecule has 0 radical (unpaired) electrons. The van der Waals surface area contributed by atoms with Crippen molar-refractivity contribution in [2.75, 3.05) is 31.0 Å². The van der Waals surface area contributed by atoms with Crippen LogP contribution >= 0.6 is 23.5 Å². The van der Waals surface area contributed by atoms with Gasteiger partial charge in [0.1, 0.15) is 0 Å². The van der Waals surface area contributed by atoms with Crippen LogP contribution in [0.1, 0.15) is 0 Å². The van der Waals surface area contributed by atoms with Crippen molar-refractivity contribution in [3.05, 3.63) is 0 Å². The summed E-state index contributed by atoms with van der Waals surface area (Å²) in [6.07, 6.45) is 0.288. The number of rotatable bonds is 5. The van der Waals surface area contributed by atoms with Gasteiger partial charge in [-0.1, -0.05) is 11.8 Å². The minimum absolute atomic E-state index is 0.0790. The molecule has 12 heavy (non-hydrogen) atoms. The highest BCUT2D eigenvalue weighted by Gasteiger charge is 2.24. The molecule has 1 aliphatic rings. The zero-order chi connectivity index (χ0) is 8.81. The quantitative estimate of drug-likeness (QED) is 0.679. The third kappa shape index (κ3) is 3.53. The highest BCUT2D eigenvalue weighted by Crippen LogP contribution is 2.27. The number of aliphatic hydroxyl groups excluding tert-OH is 1. The molecule has 0 spiro atoms. The molecule has 0 aliphatic carbocycles. The summed E-state index contributed by atoms with van der Waals surface area (Å²) in [5, 5.41) is 8.55. The monoisotopic (exact) mass is 210 g/mol. The van der Waals surface area contributed by atoms with Gasteiger partial charge in [-0.05, 0) is 0 Å². The lowest BCUT2D eigenvalue weighted by Gasteiger charge is -2.09. The number of aliphatic hydroxyl groups is 1. The predicted octanol–water partition coefficient (Wildman–Crippen LogP) is 0.774. The number of thioether (sulfide) groups is 2. The second kappa shape index (κ2) is 6.10. The fraction of sp³-hybridized carbons (Fsp3) is 1.00. The van der Waals surface area contributed by atoms with Gasteiger partial charge in [-0.25, -0.2) is 0 Å². The summed E-state index contributed by atoms with van der Waals surface area (Å²) in [5.41, 5.74) is -0.0790. The molecule has 1 heterocycles. The first-order valence-corrected chi connectivity index (χ1v) is 6.05. The SMILES string of the molecule is COC1OC(CSCCO)CS1. The minimum atomic E-state index is -0.0790. The van der Waals surface area contributed by atoms with Crippen LogP contribution in [0, 0.1) is 0 Å². The molecular weight excluding hydrogens is 196 g/mol. The van der Waals surface area contributed by atoms with Gasteiger partial charge in [0.2, 0.25) is 5.62 Å². The van der Waals surface area contributed by atoms with E-state index in [0.29, 0.717) is 0 Å². The Morgan fingerprint density at radius 1 is 1.75 bits per heavy atom. The highest BCUT2D eigenvalue weighted by molar-refractivity contribution is 8.00. The predicted molar refractivity (Wildman–Crippen MR) is 52.5 cm³/mol. The summed E-state index contributed by atoms with van der Waals surface area (Å²) in [7, 11) is 1.65. The number of hydrogen-bond donors (Lipinski definition) is 1. The smallest absolute Gasteiger partial charge is 0.207 e. The van der Waals surface area contributed by atoms with Crippen LogP contribution < -0.4 is 0 Å². The lowest BCUT2D eigenvalue weighted by atomic mass is 10.5. The average Bonchev–Trinajstić information content (AvgIpc) is 2.53. The van der Waals surface area contributed by atoms with Crippen LogP contribution in [0.5, 0.6) is 0 Å². The van der Waals surface area contributed by atoms with Crippen LogP contribution in [-0.4, -0.2) is 47.8 Å². The third-order valence-electron chi connectivity index (χ3n) is 1.45. The maximum absolute atomic E-state index is 8.55. The second-order valence-corrected chi connectivity index (χ2v) is 4.62. The van der Waals surface area contributed by atoms with Crippen molar-refractivity contribution in [3.8, 4) is 0 Å². The Kier molecular flexibility index (Phi) is 5.42. The summed E-state index contributed by atoms with van der Waals surface area (Å²) in [4.78, 5) is 0. The topological polar surface area (TPSA) is 38.7 Å². The van der Waals surface area contributed by atoms with E-state index in [1.807, 2.05) is 0 Å². The van der Waals surface area contributed by atoms with Crippen LogP contribution in [0.25, 0.3) is 0 Å². The number of methoxy groups -OCH3 is 1. The molecule has 0 aromatic carbocycles. The molecule has 0 aromatic rings. The van der Waals surface area contributed by atoms with E-state index < -0.39 is 0 Å². The van der Waals surface area contributed by atoms with Gasteiger partial charge in [0.25, 0.3) is 0 Å². The Balaban J connectivity index is 2.03. The molecule has 1 rings (SSSR count). The Labute approximate surface area is 81.2 Å². The summed E-state index contributed by atoms with van der Waals surface area (Å²) >= 11 is 3.41. The fourth-order valence-corrected chi connectivity index (χ4v) is 2.76. The van der Waals surface area contributed by atoms with Crippen LogP contribution in [0.15, 0.2) is 0 Å². The maximum atomic E-state index is 8.55. The zero-order valence-corrected chi connectivity index (χ0v) is 8.70. The summed E-state index contributed by atoms with van der Waals surface area (Å²) in [5.74, 6) is 2.74. The minimum Gasteiger partial charge on any atom is -0.396 e. The van der Waals surface area contributed by atoms with E-state index in [1.165, 1.54) is 0 Å². The molecule has 0 saturated carbocycles. The van der Waals surface area contributed by atoms with E-state index in [1.54, 1.807) is 30.6 Å². The van der Waals surface area contributed by atoms with E-state index in [-0.39, 0.29) is 18.3 Å². The first kappa shape index (κ1) is 10.7. The Hall–Kier alpha value is 0.580. The second-order valence-electron chi connectivity index (χ2n) is 2.41. The van der Waals surface area contributed by atoms with E-state index in [2.05, 4.69) is 0 Å². The van der Waals surface area contributed by atoms with Crippen molar-refractivity contribution in [1.82, 2.24) is 0 Å². The van der Waals surface area contributed by atoms with Gasteiger partial charge in [0, 0.05) is 24.4 Å². The van der Waals surface area contributed by atoms with Gasteiger partial charge in [0.05, 0.1) is 12.7 Å². The Bertz CT molecular complexity index is 123. The first-order chi connectivity index (χ1) is 5.86. The molecule has 3 nitrogen and oxygen atoms in total. The summed E-state index contributed by atoms with van der Waals surface area (Å²) in [6.45, 7) is 0.248. The van der Waals surface area contributed by atoms with Crippen molar-refractivity contribution in [3.63, 3.8) is 0 Å². The van der Waals surface area contributed by atoms with Gasteiger partial charge in [-0.2, -0.15) is 11.8 Å². The van der Waals surface area contributed by atoms with E-state index >= 15 is 0 Å². The van der Waals surface area contributed by atoms with Gasteiger partial charge in [-0.3, -0.25) is 0 Å². The number of hydrogen-bond acceptors (Lipinski definition) is 5. The first-order valence-electron chi connectivity index (χ1n) is 3.85. The Morgan fingerprint density at radius 2 is 2.58 bits per heavy atom. The summed E-state index contributed by atoms with van der Waals surface area (Å²) < 4.78 is 10.5. The molecule has 2 unspecified atom stereocenters.